The smallest absolute Gasteiger partial charge is 0.224 e. The van der Waals surface area contributed by atoms with Crippen molar-refractivity contribution in [3.63, 3.8) is 0 Å². The highest BCUT2D eigenvalue weighted by Crippen LogP contribution is 2.08. The molecule has 0 aliphatic heterocycles. The van der Waals surface area contributed by atoms with E-state index < -0.39 is 0 Å². The number of nitrogens with zero attached hydrogens (tertiary/aromatic N) is 2. The molecule has 23 heavy (non-hydrogen) atoms. The largest absolute Gasteiger partial charge is 0.370 e. The second-order valence-corrected chi connectivity index (χ2v) is 5.27. The molecule has 0 saturated heterocycles. The Balaban J connectivity index is 1.51. The van der Waals surface area contributed by atoms with Crippen LogP contribution >= 0.6 is 0 Å². The quantitative estimate of drug-likeness (QED) is 0.698. The zero-order chi connectivity index (χ0) is 15.7. The number of hydrogen-bond donors (Lipinski definition) is 2. The van der Waals surface area contributed by atoms with E-state index >= 15 is 0 Å². The summed E-state index contributed by atoms with van der Waals surface area (Å²) in [5, 5.41) is 6.59. The lowest BCUT2D eigenvalue weighted by Gasteiger charge is -2.08. The lowest BCUT2D eigenvalue weighted by molar-refractivity contribution is 0.991. The Morgan fingerprint density at radius 1 is 0.739 bits per heavy atom. The normalized spacial score (nSPS) is 10.3. The van der Waals surface area contributed by atoms with Gasteiger partial charge in [0.25, 0.3) is 0 Å². The van der Waals surface area contributed by atoms with Crippen LogP contribution in [0, 0.1) is 0 Å². The van der Waals surface area contributed by atoms with Crippen molar-refractivity contribution in [1.29, 1.82) is 0 Å². The number of nitrogens with one attached hydrogen (secondary N) is 2. The van der Waals surface area contributed by atoms with Crippen LogP contribution in [-0.2, 0) is 13.0 Å². The van der Waals surface area contributed by atoms with E-state index in [1.54, 1.807) is 6.20 Å². The predicted molar refractivity (Wildman–Crippen MR) is 94.4 cm³/mol. The molecule has 0 unspecified atom stereocenters. The van der Waals surface area contributed by atoms with E-state index in [0.717, 1.165) is 18.8 Å². The van der Waals surface area contributed by atoms with Gasteiger partial charge in [0.05, 0.1) is 0 Å². The Hall–Kier alpha value is -2.88. The fraction of sp³-hybridized carbons (Fsp3) is 0.158. The van der Waals surface area contributed by atoms with Gasteiger partial charge in [0.1, 0.15) is 5.82 Å². The Kier molecular flexibility index (Phi) is 5.19. The minimum absolute atomic E-state index is 0.638. The number of anilines is 2. The first-order chi connectivity index (χ1) is 11.4. The fourth-order valence-corrected chi connectivity index (χ4v) is 2.30. The van der Waals surface area contributed by atoms with Gasteiger partial charge in [-0.05, 0) is 23.6 Å². The monoisotopic (exact) mass is 304 g/mol. The summed E-state index contributed by atoms with van der Waals surface area (Å²) in [5.74, 6) is 1.48. The van der Waals surface area contributed by atoms with E-state index in [1.165, 1.54) is 11.1 Å². The van der Waals surface area contributed by atoms with Gasteiger partial charge in [-0.1, -0.05) is 60.7 Å². The summed E-state index contributed by atoms with van der Waals surface area (Å²) in [5.41, 5.74) is 2.52. The van der Waals surface area contributed by atoms with E-state index in [2.05, 4.69) is 57.0 Å². The topological polar surface area (TPSA) is 49.8 Å². The maximum absolute atomic E-state index is 4.49. The molecule has 1 heterocycles. The Morgan fingerprint density at radius 2 is 1.43 bits per heavy atom. The second kappa shape index (κ2) is 7.94. The van der Waals surface area contributed by atoms with Crippen molar-refractivity contribution in [3.05, 3.63) is 84.1 Å². The van der Waals surface area contributed by atoms with E-state index in [4.69, 9.17) is 0 Å². The summed E-state index contributed by atoms with van der Waals surface area (Å²) in [7, 11) is 0. The minimum Gasteiger partial charge on any atom is -0.370 e. The van der Waals surface area contributed by atoms with E-state index in [-0.39, 0.29) is 0 Å². The minimum atomic E-state index is 0.638. The average molecular weight is 304 g/mol. The van der Waals surface area contributed by atoms with Crippen LogP contribution in [0.1, 0.15) is 11.1 Å². The SMILES string of the molecule is c1ccc(CCNc2ccnc(NCc3ccccc3)n2)cc1. The van der Waals surface area contributed by atoms with Gasteiger partial charge < -0.3 is 10.6 Å². The van der Waals surface area contributed by atoms with Crippen LogP contribution in [0.25, 0.3) is 0 Å². The maximum atomic E-state index is 4.49. The molecule has 0 aliphatic rings. The highest BCUT2D eigenvalue weighted by Gasteiger charge is 1.99. The highest BCUT2D eigenvalue weighted by molar-refractivity contribution is 5.40. The van der Waals surface area contributed by atoms with Crippen molar-refractivity contribution in [2.24, 2.45) is 0 Å². The van der Waals surface area contributed by atoms with Crippen LogP contribution in [0.4, 0.5) is 11.8 Å². The molecule has 0 aliphatic carbocycles. The van der Waals surface area contributed by atoms with E-state index in [9.17, 15) is 0 Å². The summed E-state index contributed by atoms with van der Waals surface area (Å²) in [6, 6.07) is 22.5. The third-order valence-electron chi connectivity index (χ3n) is 3.51. The highest BCUT2D eigenvalue weighted by atomic mass is 15.1. The first-order valence-electron chi connectivity index (χ1n) is 7.79. The molecule has 0 saturated carbocycles. The summed E-state index contributed by atoms with van der Waals surface area (Å²) in [4.78, 5) is 8.74. The number of hydrogen-bond acceptors (Lipinski definition) is 4. The first kappa shape index (κ1) is 15.0. The molecule has 1 aromatic heterocycles. The van der Waals surface area contributed by atoms with Crippen molar-refractivity contribution < 1.29 is 0 Å². The lowest BCUT2D eigenvalue weighted by atomic mass is 10.1. The molecule has 0 spiro atoms. The Morgan fingerprint density at radius 3 is 2.17 bits per heavy atom. The van der Waals surface area contributed by atoms with Crippen molar-refractivity contribution >= 4 is 11.8 Å². The molecule has 2 aromatic carbocycles. The number of rotatable bonds is 7. The van der Waals surface area contributed by atoms with Gasteiger partial charge in [0.2, 0.25) is 5.95 Å². The van der Waals surface area contributed by atoms with Crippen molar-refractivity contribution in [3.8, 4) is 0 Å². The van der Waals surface area contributed by atoms with Gasteiger partial charge in [-0.3, -0.25) is 0 Å². The fourth-order valence-electron chi connectivity index (χ4n) is 2.30. The molecule has 0 bridgehead atoms. The molecular formula is C19H20N4. The van der Waals surface area contributed by atoms with E-state index in [1.807, 2.05) is 30.3 Å². The van der Waals surface area contributed by atoms with Gasteiger partial charge in [0, 0.05) is 19.3 Å². The molecule has 116 valence electrons. The molecular weight excluding hydrogens is 284 g/mol. The summed E-state index contributed by atoms with van der Waals surface area (Å²) in [6.07, 6.45) is 2.74. The Labute approximate surface area is 136 Å². The van der Waals surface area contributed by atoms with Crippen LogP contribution < -0.4 is 10.6 Å². The van der Waals surface area contributed by atoms with Crippen LogP contribution in [0.5, 0.6) is 0 Å². The van der Waals surface area contributed by atoms with Crippen LogP contribution in [0.3, 0.4) is 0 Å². The molecule has 0 radical (unpaired) electrons. The van der Waals surface area contributed by atoms with Gasteiger partial charge in [0.15, 0.2) is 0 Å². The van der Waals surface area contributed by atoms with Crippen LogP contribution in [0.2, 0.25) is 0 Å². The Bertz CT molecular complexity index is 714. The standard InChI is InChI=1S/C19H20N4/c1-3-7-16(8-4-1)11-13-20-18-12-14-21-19(23-18)22-15-17-9-5-2-6-10-17/h1-10,12,14H,11,13,15H2,(H2,20,21,22,23). The lowest BCUT2D eigenvalue weighted by Crippen LogP contribution is -2.09. The van der Waals surface area contributed by atoms with Gasteiger partial charge >= 0.3 is 0 Å². The van der Waals surface area contributed by atoms with Crippen LogP contribution in [-0.4, -0.2) is 16.5 Å². The molecule has 0 amide bonds. The third kappa shape index (κ3) is 4.81. The third-order valence-corrected chi connectivity index (χ3v) is 3.51. The molecule has 2 N–H and O–H groups in total. The molecule has 0 atom stereocenters. The number of benzene rings is 2. The number of aromatic nitrogens is 2. The second-order valence-electron chi connectivity index (χ2n) is 5.27. The van der Waals surface area contributed by atoms with Crippen LogP contribution in [0.15, 0.2) is 72.9 Å². The van der Waals surface area contributed by atoms with E-state index in [0.29, 0.717) is 12.5 Å². The zero-order valence-electron chi connectivity index (χ0n) is 12.9. The summed E-state index contributed by atoms with van der Waals surface area (Å²) >= 11 is 0. The van der Waals surface area contributed by atoms with Gasteiger partial charge in [-0.15, -0.1) is 0 Å². The molecule has 4 nitrogen and oxygen atoms in total. The molecule has 4 heteroatoms. The summed E-state index contributed by atoms with van der Waals surface area (Å²) in [6.45, 7) is 1.56. The molecule has 0 fully saturated rings. The van der Waals surface area contributed by atoms with Crippen molar-refractivity contribution in [2.45, 2.75) is 13.0 Å². The maximum Gasteiger partial charge on any atom is 0.224 e. The predicted octanol–water partition coefficient (Wildman–Crippen LogP) is 3.74. The van der Waals surface area contributed by atoms with Gasteiger partial charge in [-0.2, -0.15) is 4.98 Å². The molecule has 3 aromatic rings. The average Bonchev–Trinajstić information content (AvgIpc) is 2.62. The van der Waals surface area contributed by atoms with Gasteiger partial charge in [-0.25, -0.2) is 4.98 Å². The first-order valence-corrected chi connectivity index (χ1v) is 7.79. The summed E-state index contributed by atoms with van der Waals surface area (Å²) < 4.78 is 0. The molecule has 3 rings (SSSR count). The zero-order valence-corrected chi connectivity index (χ0v) is 12.9. The van der Waals surface area contributed by atoms with Crippen molar-refractivity contribution in [2.75, 3.05) is 17.2 Å². The van der Waals surface area contributed by atoms with Crippen molar-refractivity contribution in [1.82, 2.24) is 9.97 Å².